The number of nitrogens with zero attached hydrogens (tertiary/aromatic N) is 2. The molecule has 1 aromatic rings. The summed E-state index contributed by atoms with van der Waals surface area (Å²) in [5.41, 5.74) is 4.02. The summed E-state index contributed by atoms with van der Waals surface area (Å²) >= 11 is 0. The minimum absolute atomic E-state index is 0.0984. The van der Waals surface area contributed by atoms with Gasteiger partial charge in [0.25, 0.3) is 11.8 Å². The van der Waals surface area contributed by atoms with Crippen molar-refractivity contribution in [3.8, 4) is 0 Å². The number of aliphatic hydroxyl groups is 1. The molecule has 1 atom stereocenters. The van der Waals surface area contributed by atoms with Gasteiger partial charge in [-0.15, -0.1) is 0 Å². The molecule has 1 fully saturated rings. The molecule has 164 valence electrons. The molecule has 0 bridgehead atoms. The Labute approximate surface area is 179 Å². The number of amides is 2. The molecule has 1 saturated heterocycles. The first-order chi connectivity index (χ1) is 14.3. The summed E-state index contributed by atoms with van der Waals surface area (Å²) in [5.74, 6) is -0.325. The number of likely N-dealkylation sites (tertiary alicyclic amines) is 1. The molecule has 30 heavy (non-hydrogen) atoms. The summed E-state index contributed by atoms with van der Waals surface area (Å²) in [7, 11) is 0. The van der Waals surface area contributed by atoms with E-state index in [2.05, 4.69) is 0 Å². The van der Waals surface area contributed by atoms with E-state index in [0.717, 1.165) is 36.1 Å². The van der Waals surface area contributed by atoms with Crippen LogP contribution in [0.25, 0.3) is 5.57 Å². The second-order valence-corrected chi connectivity index (χ2v) is 8.69. The molecule has 0 aromatic heterocycles. The van der Waals surface area contributed by atoms with E-state index in [4.69, 9.17) is 4.74 Å². The smallest absolute Gasteiger partial charge is 0.277 e. The van der Waals surface area contributed by atoms with E-state index in [1.165, 1.54) is 4.90 Å². The molecule has 2 aliphatic rings. The largest absolute Gasteiger partial charge is 0.396 e. The minimum atomic E-state index is -0.228. The number of rotatable bonds is 8. The highest BCUT2D eigenvalue weighted by atomic mass is 16.5. The first-order valence-electron chi connectivity index (χ1n) is 11.0. The topological polar surface area (TPSA) is 70.1 Å². The molecule has 0 saturated carbocycles. The van der Waals surface area contributed by atoms with E-state index in [0.29, 0.717) is 37.4 Å². The zero-order valence-electron chi connectivity index (χ0n) is 18.6. The van der Waals surface area contributed by atoms with Crippen LogP contribution in [0.2, 0.25) is 0 Å². The van der Waals surface area contributed by atoms with Gasteiger partial charge in [0, 0.05) is 32.8 Å². The number of benzene rings is 1. The quantitative estimate of drug-likeness (QED) is 0.523. The van der Waals surface area contributed by atoms with Gasteiger partial charge in [0.05, 0.1) is 11.7 Å². The molecule has 1 unspecified atom stereocenters. The molecular weight excluding hydrogens is 380 g/mol. The van der Waals surface area contributed by atoms with Gasteiger partial charge in [-0.05, 0) is 69.6 Å². The predicted molar refractivity (Wildman–Crippen MR) is 117 cm³/mol. The van der Waals surface area contributed by atoms with Crippen LogP contribution >= 0.6 is 0 Å². The molecule has 1 N–H and O–H groups in total. The van der Waals surface area contributed by atoms with Crippen LogP contribution in [0.3, 0.4) is 0 Å². The van der Waals surface area contributed by atoms with Gasteiger partial charge in [-0.25, -0.2) is 0 Å². The van der Waals surface area contributed by atoms with E-state index in [1.54, 1.807) is 0 Å². The Bertz CT molecular complexity index is 830. The van der Waals surface area contributed by atoms with E-state index in [9.17, 15) is 14.7 Å². The van der Waals surface area contributed by atoms with Crippen LogP contribution < -0.4 is 0 Å². The lowest BCUT2D eigenvalue weighted by Crippen LogP contribution is -2.41. The summed E-state index contributed by atoms with van der Waals surface area (Å²) in [4.78, 5) is 30.1. The van der Waals surface area contributed by atoms with Gasteiger partial charge in [-0.2, -0.15) is 0 Å². The van der Waals surface area contributed by atoms with Crippen LogP contribution in [0.4, 0.5) is 0 Å². The lowest BCUT2D eigenvalue weighted by Gasteiger charge is -2.34. The van der Waals surface area contributed by atoms with Crippen molar-refractivity contribution in [1.82, 2.24) is 9.80 Å². The van der Waals surface area contributed by atoms with Gasteiger partial charge in [0.1, 0.15) is 5.70 Å². The number of ether oxygens (including phenoxy) is 1. The second-order valence-electron chi connectivity index (χ2n) is 8.69. The van der Waals surface area contributed by atoms with Crippen molar-refractivity contribution in [2.45, 2.75) is 53.1 Å². The summed E-state index contributed by atoms with van der Waals surface area (Å²) in [6.45, 7) is 10.3. The lowest BCUT2D eigenvalue weighted by atomic mass is 9.96. The summed E-state index contributed by atoms with van der Waals surface area (Å²) in [5, 5.41) is 9.64. The molecule has 0 aliphatic carbocycles. The number of piperidine rings is 1. The minimum Gasteiger partial charge on any atom is -0.396 e. The van der Waals surface area contributed by atoms with Gasteiger partial charge < -0.3 is 14.7 Å². The van der Waals surface area contributed by atoms with Crippen LogP contribution in [0.5, 0.6) is 0 Å². The number of aryl methyl sites for hydroxylation is 2. The molecule has 2 heterocycles. The zero-order chi connectivity index (χ0) is 21.8. The van der Waals surface area contributed by atoms with Gasteiger partial charge in [-0.1, -0.05) is 18.2 Å². The SMILES string of the molecule is Cc1ccc(C2=C(N3CCCC(CO)C3)C(=O)N(CCCOC(C)C)C2=O)cc1C. The number of hydrogen-bond acceptors (Lipinski definition) is 5. The van der Waals surface area contributed by atoms with Crippen LogP contribution in [-0.4, -0.2) is 65.7 Å². The molecule has 2 aliphatic heterocycles. The highest BCUT2D eigenvalue weighted by Gasteiger charge is 2.42. The Balaban J connectivity index is 1.92. The van der Waals surface area contributed by atoms with Gasteiger partial charge in [0.15, 0.2) is 0 Å². The normalized spacial score (nSPS) is 20.1. The van der Waals surface area contributed by atoms with Gasteiger partial charge in [-0.3, -0.25) is 14.5 Å². The fourth-order valence-corrected chi connectivity index (χ4v) is 4.18. The standard InChI is InChI=1S/C24H34N2O4/c1-16(2)30-12-6-11-26-23(28)21(20-9-8-17(3)18(4)13-20)22(24(26)29)25-10-5-7-19(14-25)15-27/h8-9,13,16,19,27H,5-7,10-12,14-15H2,1-4H3. The van der Waals surface area contributed by atoms with Crippen LogP contribution in [0.15, 0.2) is 23.9 Å². The predicted octanol–water partition coefficient (Wildman–Crippen LogP) is 2.90. The molecule has 6 nitrogen and oxygen atoms in total. The highest BCUT2D eigenvalue weighted by molar-refractivity contribution is 6.35. The van der Waals surface area contributed by atoms with E-state index >= 15 is 0 Å². The van der Waals surface area contributed by atoms with Crippen molar-refractivity contribution in [2.24, 2.45) is 5.92 Å². The Morgan fingerprint density at radius 3 is 2.60 bits per heavy atom. The molecule has 1 aromatic carbocycles. The van der Waals surface area contributed by atoms with E-state index in [-0.39, 0.29) is 30.4 Å². The Hall–Kier alpha value is -2.18. The number of hydrogen-bond donors (Lipinski definition) is 1. The number of carbonyl (C=O) groups excluding carboxylic acids is 2. The maximum Gasteiger partial charge on any atom is 0.277 e. The van der Waals surface area contributed by atoms with Crippen LogP contribution in [0.1, 0.15) is 49.8 Å². The lowest BCUT2D eigenvalue weighted by molar-refractivity contribution is -0.138. The van der Waals surface area contributed by atoms with Crippen molar-refractivity contribution in [3.05, 3.63) is 40.6 Å². The summed E-state index contributed by atoms with van der Waals surface area (Å²) < 4.78 is 5.58. The Morgan fingerprint density at radius 1 is 1.17 bits per heavy atom. The fourth-order valence-electron chi connectivity index (χ4n) is 4.18. The average molecular weight is 415 g/mol. The van der Waals surface area contributed by atoms with Crippen molar-refractivity contribution < 1.29 is 19.4 Å². The first kappa shape index (κ1) is 22.5. The molecule has 0 spiro atoms. The van der Waals surface area contributed by atoms with Crippen molar-refractivity contribution in [2.75, 3.05) is 32.8 Å². The third kappa shape index (κ3) is 4.76. The summed E-state index contributed by atoms with van der Waals surface area (Å²) in [6, 6.07) is 5.93. The van der Waals surface area contributed by atoms with E-state index in [1.807, 2.05) is 50.8 Å². The Kier molecular flexibility index (Phi) is 7.32. The molecule has 0 radical (unpaired) electrons. The second kappa shape index (κ2) is 9.75. The third-order valence-electron chi connectivity index (χ3n) is 6.01. The van der Waals surface area contributed by atoms with Crippen LogP contribution in [0, 0.1) is 19.8 Å². The number of carbonyl (C=O) groups is 2. The maximum atomic E-state index is 13.4. The average Bonchev–Trinajstić information content (AvgIpc) is 2.97. The molecular formula is C24H34N2O4. The van der Waals surface area contributed by atoms with Gasteiger partial charge in [0.2, 0.25) is 0 Å². The first-order valence-corrected chi connectivity index (χ1v) is 11.0. The monoisotopic (exact) mass is 414 g/mol. The third-order valence-corrected chi connectivity index (χ3v) is 6.01. The van der Waals surface area contributed by atoms with Crippen molar-refractivity contribution in [3.63, 3.8) is 0 Å². The van der Waals surface area contributed by atoms with Gasteiger partial charge >= 0.3 is 0 Å². The number of aliphatic hydroxyl groups excluding tert-OH is 1. The maximum absolute atomic E-state index is 13.4. The van der Waals surface area contributed by atoms with Crippen molar-refractivity contribution in [1.29, 1.82) is 0 Å². The molecule has 2 amide bonds. The fraction of sp³-hybridized carbons (Fsp3) is 0.583. The summed E-state index contributed by atoms with van der Waals surface area (Å²) in [6.07, 6.45) is 2.58. The molecule has 3 rings (SSSR count). The zero-order valence-corrected chi connectivity index (χ0v) is 18.6. The Morgan fingerprint density at radius 2 is 1.93 bits per heavy atom. The highest BCUT2D eigenvalue weighted by Crippen LogP contribution is 2.34. The van der Waals surface area contributed by atoms with E-state index < -0.39 is 0 Å². The van der Waals surface area contributed by atoms with Crippen molar-refractivity contribution >= 4 is 17.4 Å². The van der Waals surface area contributed by atoms with Crippen LogP contribution in [-0.2, 0) is 14.3 Å². The number of imide groups is 1. The molecule has 6 heteroatoms.